The Morgan fingerprint density at radius 1 is 1.00 bits per heavy atom. The van der Waals surface area contributed by atoms with Crippen LogP contribution in [0.1, 0.15) is 15.9 Å². The van der Waals surface area contributed by atoms with Crippen molar-refractivity contribution < 1.29 is 4.79 Å². The van der Waals surface area contributed by atoms with Crippen molar-refractivity contribution in [3.05, 3.63) is 64.6 Å². The number of allylic oxidation sites excluding steroid dienone is 1. The zero-order chi connectivity index (χ0) is 13.4. The highest BCUT2D eigenvalue weighted by Gasteiger charge is 2.28. The van der Waals surface area contributed by atoms with Crippen LogP contribution in [-0.2, 0) is 0 Å². The minimum absolute atomic E-state index is 0.0265. The van der Waals surface area contributed by atoms with Crippen molar-refractivity contribution in [2.75, 3.05) is 5.73 Å². The van der Waals surface area contributed by atoms with Crippen LogP contribution in [0.4, 0.5) is 5.69 Å². The van der Waals surface area contributed by atoms with Gasteiger partial charge in [-0.25, -0.2) is 0 Å². The fourth-order valence-electron chi connectivity index (χ4n) is 2.06. The van der Waals surface area contributed by atoms with E-state index >= 15 is 0 Å². The molecule has 94 valence electrons. The van der Waals surface area contributed by atoms with Gasteiger partial charge >= 0.3 is 0 Å². The van der Waals surface area contributed by atoms with Gasteiger partial charge in [-0.1, -0.05) is 42.1 Å². The molecule has 1 aliphatic rings. The molecule has 0 aliphatic carbocycles. The summed E-state index contributed by atoms with van der Waals surface area (Å²) in [5, 5.41) is 0. The Bertz CT molecular complexity index is 707. The maximum absolute atomic E-state index is 12.3. The molecular formula is C15H12N2OS. The number of thioether (sulfide) groups is 1. The molecule has 0 bridgehead atoms. The molecule has 0 amide bonds. The molecular weight excluding hydrogens is 256 g/mol. The molecule has 0 atom stereocenters. The first-order chi connectivity index (χ1) is 9.18. The van der Waals surface area contributed by atoms with Gasteiger partial charge in [0.25, 0.3) is 0 Å². The van der Waals surface area contributed by atoms with Crippen LogP contribution < -0.4 is 11.5 Å². The van der Waals surface area contributed by atoms with E-state index in [1.165, 1.54) is 11.8 Å². The van der Waals surface area contributed by atoms with Gasteiger partial charge < -0.3 is 11.5 Å². The fraction of sp³-hybridized carbons (Fsp3) is 0. The van der Waals surface area contributed by atoms with E-state index in [2.05, 4.69) is 0 Å². The van der Waals surface area contributed by atoms with Gasteiger partial charge in [0.1, 0.15) is 0 Å². The summed E-state index contributed by atoms with van der Waals surface area (Å²) < 4.78 is 0. The van der Waals surface area contributed by atoms with Crippen molar-refractivity contribution in [3.8, 4) is 0 Å². The van der Waals surface area contributed by atoms with E-state index in [1.54, 1.807) is 6.07 Å². The Kier molecular flexibility index (Phi) is 2.80. The van der Waals surface area contributed by atoms with Crippen molar-refractivity contribution in [1.82, 2.24) is 0 Å². The number of carbonyl (C=O) groups is 1. The Morgan fingerprint density at radius 3 is 2.42 bits per heavy atom. The number of anilines is 1. The highest BCUT2D eigenvalue weighted by atomic mass is 32.2. The molecule has 0 unspecified atom stereocenters. The zero-order valence-electron chi connectivity index (χ0n) is 10.1. The SMILES string of the molecule is N/C(=C1/Sc2ccccc2C1=O)c1ccccc1N. The van der Waals surface area contributed by atoms with Crippen LogP contribution in [0.2, 0.25) is 0 Å². The van der Waals surface area contributed by atoms with Crippen molar-refractivity contribution in [2.24, 2.45) is 5.73 Å². The number of hydrogen-bond acceptors (Lipinski definition) is 4. The molecule has 3 nitrogen and oxygen atoms in total. The third-order valence-electron chi connectivity index (χ3n) is 3.05. The number of benzene rings is 2. The summed E-state index contributed by atoms with van der Waals surface area (Å²) in [5.74, 6) is -0.0265. The summed E-state index contributed by atoms with van der Waals surface area (Å²) in [7, 11) is 0. The van der Waals surface area contributed by atoms with Crippen LogP contribution in [0.25, 0.3) is 5.70 Å². The van der Waals surface area contributed by atoms with E-state index in [0.29, 0.717) is 27.4 Å². The first-order valence-electron chi connectivity index (χ1n) is 5.84. The van der Waals surface area contributed by atoms with Crippen LogP contribution in [0, 0.1) is 0 Å². The van der Waals surface area contributed by atoms with Crippen molar-refractivity contribution >= 4 is 28.9 Å². The third-order valence-corrected chi connectivity index (χ3v) is 4.23. The van der Waals surface area contributed by atoms with Gasteiger partial charge in [-0.2, -0.15) is 0 Å². The lowest BCUT2D eigenvalue weighted by Crippen LogP contribution is -2.06. The van der Waals surface area contributed by atoms with Crippen LogP contribution >= 0.6 is 11.8 Å². The minimum atomic E-state index is -0.0265. The summed E-state index contributed by atoms with van der Waals surface area (Å²) in [6, 6.07) is 14.8. The predicted molar refractivity (Wildman–Crippen MR) is 78.6 cm³/mol. The summed E-state index contributed by atoms with van der Waals surface area (Å²) in [4.78, 5) is 13.8. The van der Waals surface area contributed by atoms with Gasteiger partial charge in [0, 0.05) is 21.7 Å². The summed E-state index contributed by atoms with van der Waals surface area (Å²) in [5.41, 5.74) is 14.5. The van der Waals surface area contributed by atoms with Crippen LogP contribution in [-0.4, -0.2) is 5.78 Å². The van der Waals surface area contributed by atoms with Crippen molar-refractivity contribution in [2.45, 2.75) is 4.90 Å². The predicted octanol–water partition coefficient (Wildman–Crippen LogP) is 2.88. The number of para-hydroxylation sites is 1. The Balaban J connectivity index is 2.12. The number of nitrogen functional groups attached to an aromatic ring is 1. The first-order valence-corrected chi connectivity index (χ1v) is 6.66. The lowest BCUT2D eigenvalue weighted by Gasteiger charge is -2.07. The van der Waals surface area contributed by atoms with Gasteiger partial charge in [-0.3, -0.25) is 4.79 Å². The third kappa shape index (κ3) is 1.90. The van der Waals surface area contributed by atoms with Gasteiger partial charge in [0.05, 0.1) is 10.6 Å². The summed E-state index contributed by atoms with van der Waals surface area (Å²) >= 11 is 1.41. The second-order valence-corrected chi connectivity index (χ2v) is 5.31. The molecule has 19 heavy (non-hydrogen) atoms. The van der Waals surface area contributed by atoms with E-state index in [4.69, 9.17) is 11.5 Å². The Morgan fingerprint density at radius 2 is 1.68 bits per heavy atom. The molecule has 0 spiro atoms. The molecule has 2 aromatic carbocycles. The van der Waals surface area contributed by atoms with Crippen LogP contribution in [0.5, 0.6) is 0 Å². The molecule has 1 aliphatic heterocycles. The van der Waals surface area contributed by atoms with E-state index in [-0.39, 0.29) is 5.78 Å². The highest BCUT2D eigenvalue weighted by molar-refractivity contribution is 8.05. The Labute approximate surface area is 115 Å². The smallest absolute Gasteiger partial charge is 0.202 e. The number of hydrogen-bond donors (Lipinski definition) is 2. The van der Waals surface area contributed by atoms with E-state index < -0.39 is 0 Å². The lowest BCUT2D eigenvalue weighted by atomic mass is 10.1. The second-order valence-electron chi connectivity index (χ2n) is 4.26. The number of nitrogens with two attached hydrogens (primary N) is 2. The molecule has 0 saturated carbocycles. The normalized spacial score (nSPS) is 16.3. The molecule has 0 radical (unpaired) electrons. The molecule has 1 heterocycles. The van der Waals surface area contributed by atoms with Gasteiger partial charge in [-0.05, 0) is 18.2 Å². The molecule has 4 heteroatoms. The van der Waals surface area contributed by atoms with Gasteiger partial charge in [0.2, 0.25) is 5.78 Å². The molecule has 3 rings (SSSR count). The quantitative estimate of drug-likeness (QED) is 0.616. The average Bonchev–Trinajstić information content (AvgIpc) is 2.77. The van der Waals surface area contributed by atoms with Gasteiger partial charge in [-0.15, -0.1) is 0 Å². The number of Topliss-reactive ketones (excluding diaryl/α,β-unsaturated/α-hetero) is 1. The molecule has 0 fully saturated rings. The molecule has 2 aromatic rings. The average molecular weight is 268 g/mol. The number of fused-ring (bicyclic) bond motifs is 1. The maximum atomic E-state index is 12.3. The Hall–Kier alpha value is -2.20. The largest absolute Gasteiger partial charge is 0.398 e. The van der Waals surface area contributed by atoms with E-state index in [1.807, 2.05) is 42.5 Å². The van der Waals surface area contributed by atoms with Crippen molar-refractivity contribution in [3.63, 3.8) is 0 Å². The highest BCUT2D eigenvalue weighted by Crippen LogP contribution is 2.42. The number of rotatable bonds is 1. The topological polar surface area (TPSA) is 69.1 Å². The minimum Gasteiger partial charge on any atom is -0.398 e. The van der Waals surface area contributed by atoms with E-state index in [9.17, 15) is 4.79 Å². The monoisotopic (exact) mass is 268 g/mol. The van der Waals surface area contributed by atoms with E-state index in [0.717, 1.165) is 4.90 Å². The van der Waals surface area contributed by atoms with Crippen LogP contribution in [0.3, 0.4) is 0 Å². The standard InChI is InChI=1S/C15H12N2OS/c16-11-7-3-1-5-9(11)13(17)15-14(18)10-6-2-4-8-12(10)19-15/h1-8H,16-17H2/b15-13+. The second kappa shape index (κ2) is 4.48. The molecule has 4 N–H and O–H groups in total. The maximum Gasteiger partial charge on any atom is 0.202 e. The number of ketones is 1. The van der Waals surface area contributed by atoms with Gasteiger partial charge in [0.15, 0.2) is 0 Å². The molecule has 0 aromatic heterocycles. The first kappa shape index (κ1) is 11.9. The fourth-order valence-corrected chi connectivity index (χ4v) is 3.12. The molecule has 0 saturated heterocycles. The van der Waals surface area contributed by atoms with Crippen molar-refractivity contribution in [1.29, 1.82) is 0 Å². The summed E-state index contributed by atoms with van der Waals surface area (Å²) in [6.45, 7) is 0. The number of carbonyl (C=O) groups excluding carboxylic acids is 1. The lowest BCUT2D eigenvalue weighted by molar-refractivity contribution is 0.104. The van der Waals surface area contributed by atoms with Crippen LogP contribution in [0.15, 0.2) is 58.3 Å². The zero-order valence-corrected chi connectivity index (χ0v) is 10.9. The summed E-state index contributed by atoms with van der Waals surface area (Å²) in [6.07, 6.45) is 0.